The Balaban J connectivity index is 0.00000243. The third-order valence-corrected chi connectivity index (χ3v) is 5.41. The largest absolute Gasteiger partial charge is 0.379 e. The standard InChI is InChI=1S/C20H32N4O.HI/c1-16-4-5-18(17(2)14-16)6-8-22-20(21-3)24-9-7-19(15-24)23-10-12-25-13-11-23;/h4-5,14,19H,6-13,15H2,1-3H3,(H,21,22);1H. The first-order chi connectivity index (χ1) is 12.2. The van der Waals surface area contributed by atoms with E-state index in [2.05, 4.69) is 52.2 Å². The summed E-state index contributed by atoms with van der Waals surface area (Å²) in [6.45, 7) is 11.3. The average Bonchev–Trinajstić information content (AvgIpc) is 3.11. The first kappa shape index (κ1) is 21.4. The highest BCUT2D eigenvalue weighted by molar-refractivity contribution is 14.0. The summed E-state index contributed by atoms with van der Waals surface area (Å²) >= 11 is 0. The summed E-state index contributed by atoms with van der Waals surface area (Å²) in [4.78, 5) is 9.49. The number of nitrogens with zero attached hydrogens (tertiary/aromatic N) is 3. The molecular formula is C20H33IN4O. The van der Waals surface area contributed by atoms with Crippen LogP contribution in [0, 0.1) is 13.8 Å². The molecule has 1 unspecified atom stereocenters. The molecule has 2 heterocycles. The van der Waals surface area contributed by atoms with Crippen molar-refractivity contribution in [2.45, 2.75) is 32.7 Å². The number of halogens is 1. The van der Waals surface area contributed by atoms with Gasteiger partial charge in [0.2, 0.25) is 0 Å². The second kappa shape index (κ2) is 10.5. The second-order valence-electron chi connectivity index (χ2n) is 7.19. The van der Waals surface area contributed by atoms with E-state index < -0.39 is 0 Å². The smallest absolute Gasteiger partial charge is 0.193 e. The van der Waals surface area contributed by atoms with Gasteiger partial charge in [0.1, 0.15) is 0 Å². The lowest BCUT2D eigenvalue weighted by Crippen LogP contribution is -2.46. The van der Waals surface area contributed by atoms with Crippen LogP contribution >= 0.6 is 24.0 Å². The number of morpholine rings is 1. The summed E-state index contributed by atoms with van der Waals surface area (Å²) in [6, 6.07) is 7.35. The first-order valence-corrected chi connectivity index (χ1v) is 9.51. The fourth-order valence-corrected chi connectivity index (χ4v) is 3.94. The Morgan fingerprint density at radius 1 is 1.23 bits per heavy atom. The lowest BCUT2D eigenvalue weighted by atomic mass is 10.0. The number of aryl methyl sites for hydroxylation is 2. The molecule has 5 nitrogen and oxygen atoms in total. The summed E-state index contributed by atoms with van der Waals surface area (Å²) in [5, 5.41) is 3.56. The van der Waals surface area contributed by atoms with E-state index in [9.17, 15) is 0 Å². The van der Waals surface area contributed by atoms with Crippen LogP contribution in [0.3, 0.4) is 0 Å². The fourth-order valence-electron chi connectivity index (χ4n) is 3.94. The first-order valence-electron chi connectivity index (χ1n) is 9.51. The highest BCUT2D eigenvalue weighted by Gasteiger charge is 2.30. The van der Waals surface area contributed by atoms with Crippen molar-refractivity contribution in [3.8, 4) is 0 Å². The van der Waals surface area contributed by atoms with Crippen LogP contribution in [0.1, 0.15) is 23.1 Å². The summed E-state index contributed by atoms with van der Waals surface area (Å²) in [7, 11) is 1.89. The van der Waals surface area contributed by atoms with Crippen LogP contribution in [-0.4, -0.2) is 74.8 Å². The number of rotatable bonds is 4. The van der Waals surface area contributed by atoms with Gasteiger partial charge in [0.25, 0.3) is 0 Å². The quantitative estimate of drug-likeness (QED) is 0.415. The molecule has 2 aliphatic heterocycles. The van der Waals surface area contributed by atoms with Gasteiger partial charge in [0.15, 0.2) is 5.96 Å². The monoisotopic (exact) mass is 472 g/mol. The van der Waals surface area contributed by atoms with Crippen molar-refractivity contribution in [2.75, 3.05) is 53.0 Å². The average molecular weight is 472 g/mol. The Kier molecular flexibility index (Phi) is 8.63. The van der Waals surface area contributed by atoms with Gasteiger partial charge in [-0.3, -0.25) is 9.89 Å². The maximum Gasteiger partial charge on any atom is 0.193 e. The van der Waals surface area contributed by atoms with E-state index >= 15 is 0 Å². The van der Waals surface area contributed by atoms with Gasteiger partial charge in [0, 0.05) is 45.8 Å². The molecule has 0 aliphatic carbocycles. The van der Waals surface area contributed by atoms with Crippen LogP contribution in [0.25, 0.3) is 0 Å². The van der Waals surface area contributed by atoms with Crippen LogP contribution in [0.5, 0.6) is 0 Å². The minimum Gasteiger partial charge on any atom is -0.379 e. The third-order valence-electron chi connectivity index (χ3n) is 5.41. The number of hydrogen-bond donors (Lipinski definition) is 1. The molecule has 26 heavy (non-hydrogen) atoms. The Hall–Kier alpha value is -0.860. The van der Waals surface area contributed by atoms with Crippen LogP contribution in [0.2, 0.25) is 0 Å². The fraction of sp³-hybridized carbons (Fsp3) is 0.650. The van der Waals surface area contributed by atoms with Crippen molar-refractivity contribution in [1.29, 1.82) is 0 Å². The van der Waals surface area contributed by atoms with Crippen molar-refractivity contribution < 1.29 is 4.74 Å². The maximum absolute atomic E-state index is 5.48. The molecule has 0 radical (unpaired) electrons. The van der Waals surface area contributed by atoms with Crippen molar-refractivity contribution >= 4 is 29.9 Å². The Morgan fingerprint density at radius 3 is 2.69 bits per heavy atom. The van der Waals surface area contributed by atoms with Gasteiger partial charge in [-0.15, -0.1) is 24.0 Å². The van der Waals surface area contributed by atoms with Crippen LogP contribution < -0.4 is 5.32 Å². The van der Waals surface area contributed by atoms with E-state index in [1.807, 2.05) is 7.05 Å². The van der Waals surface area contributed by atoms with E-state index in [1.165, 1.54) is 23.1 Å². The molecule has 0 saturated carbocycles. The number of ether oxygens (including phenoxy) is 1. The minimum absolute atomic E-state index is 0. The molecule has 2 aliphatic rings. The summed E-state index contributed by atoms with van der Waals surface area (Å²) in [6.07, 6.45) is 2.25. The van der Waals surface area contributed by atoms with E-state index in [0.717, 1.165) is 58.3 Å². The van der Waals surface area contributed by atoms with Gasteiger partial charge in [-0.25, -0.2) is 0 Å². The zero-order valence-corrected chi connectivity index (χ0v) is 18.7. The lowest BCUT2D eigenvalue weighted by Gasteiger charge is -2.32. The Bertz CT molecular complexity index is 601. The zero-order chi connectivity index (χ0) is 17.6. The van der Waals surface area contributed by atoms with Crippen molar-refractivity contribution in [3.63, 3.8) is 0 Å². The number of benzene rings is 1. The van der Waals surface area contributed by atoms with Gasteiger partial charge in [-0.2, -0.15) is 0 Å². The van der Waals surface area contributed by atoms with Crippen molar-refractivity contribution in [3.05, 3.63) is 34.9 Å². The summed E-state index contributed by atoms with van der Waals surface area (Å²) in [5.74, 6) is 1.04. The Labute approximate surface area is 175 Å². The molecule has 6 heteroatoms. The number of nitrogens with one attached hydrogen (secondary N) is 1. The highest BCUT2D eigenvalue weighted by atomic mass is 127. The predicted octanol–water partition coefficient (Wildman–Crippen LogP) is 2.45. The van der Waals surface area contributed by atoms with Crippen LogP contribution in [-0.2, 0) is 11.2 Å². The molecule has 1 N–H and O–H groups in total. The maximum atomic E-state index is 5.48. The number of likely N-dealkylation sites (tertiary alicyclic amines) is 1. The number of hydrogen-bond acceptors (Lipinski definition) is 3. The van der Waals surface area contributed by atoms with Gasteiger partial charge in [-0.1, -0.05) is 23.8 Å². The van der Waals surface area contributed by atoms with E-state index in [4.69, 9.17) is 4.74 Å². The molecule has 0 aromatic heterocycles. The topological polar surface area (TPSA) is 40.1 Å². The molecule has 3 rings (SSSR count). The minimum atomic E-state index is 0. The molecule has 1 aromatic rings. The van der Waals surface area contributed by atoms with Crippen LogP contribution in [0.15, 0.2) is 23.2 Å². The molecule has 0 bridgehead atoms. The van der Waals surface area contributed by atoms with E-state index in [-0.39, 0.29) is 24.0 Å². The number of guanidine groups is 1. The SMILES string of the molecule is CN=C(NCCc1ccc(C)cc1C)N1CCC(N2CCOCC2)C1.I. The van der Waals surface area contributed by atoms with Gasteiger partial charge in [-0.05, 0) is 37.8 Å². The summed E-state index contributed by atoms with van der Waals surface area (Å²) < 4.78 is 5.48. The highest BCUT2D eigenvalue weighted by Crippen LogP contribution is 2.17. The van der Waals surface area contributed by atoms with Crippen LogP contribution in [0.4, 0.5) is 0 Å². The molecule has 0 spiro atoms. The van der Waals surface area contributed by atoms with E-state index in [1.54, 1.807) is 0 Å². The normalized spacial score (nSPS) is 21.6. The van der Waals surface area contributed by atoms with Gasteiger partial charge < -0.3 is 15.0 Å². The second-order valence-corrected chi connectivity index (χ2v) is 7.19. The number of aliphatic imine (C=N–C) groups is 1. The molecule has 0 amide bonds. The van der Waals surface area contributed by atoms with Gasteiger partial charge in [0.05, 0.1) is 13.2 Å². The van der Waals surface area contributed by atoms with Crippen molar-refractivity contribution in [1.82, 2.24) is 15.1 Å². The Morgan fingerprint density at radius 2 is 2.00 bits per heavy atom. The molecule has 1 atom stereocenters. The molecule has 2 fully saturated rings. The molecular weight excluding hydrogens is 439 g/mol. The van der Waals surface area contributed by atoms with Gasteiger partial charge >= 0.3 is 0 Å². The predicted molar refractivity (Wildman–Crippen MR) is 119 cm³/mol. The molecule has 146 valence electrons. The lowest BCUT2D eigenvalue weighted by molar-refractivity contribution is 0.0195. The molecule has 2 saturated heterocycles. The van der Waals surface area contributed by atoms with E-state index in [0.29, 0.717) is 6.04 Å². The molecule has 1 aromatic carbocycles. The third kappa shape index (κ3) is 5.57. The summed E-state index contributed by atoms with van der Waals surface area (Å²) in [5.41, 5.74) is 4.13. The van der Waals surface area contributed by atoms with Crippen molar-refractivity contribution in [2.24, 2.45) is 4.99 Å². The zero-order valence-electron chi connectivity index (χ0n) is 16.3.